The maximum absolute atomic E-state index is 13.5. The van der Waals surface area contributed by atoms with Crippen molar-refractivity contribution in [2.75, 3.05) is 18.5 Å². The number of nitrogens with zero attached hydrogens (tertiary/aromatic N) is 5. The Kier molecular flexibility index (Phi) is 9.16. The van der Waals surface area contributed by atoms with Gasteiger partial charge in [0.15, 0.2) is 0 Å². The van der Waals surface area contributed by atoms with Crippen LogP contribution in [0.4, 0.5) is 5.69 Å². The van der Waals surface area contributed by atoms with E-state index < -0.39 is 0 Å². The average molecular weight is 638 g/mol. The number of benzene rings is 4. The van der Waals surface area contributed by atoms with Gasteiger partial charge in [0.2, 0.25) is 17.7 Å². The van der Waals surface area contributed by atoms with Gasteiger partial charge in [0.1, 0.15) is 18.9 Å². The van der Waals surface area contributed by atoms with Crippen molar-refractivity contribution in [2.24, 2.45) is 7.05 Å². The maximum atomic E-state index is 13.5. The third kappa shape index (κ3) is 6.94. The van der Waals surface area contributed by atoms with Gasteiger partial charge in [-0.1, -0.05) is 91.0 Å². The van der Waals surface area contributed by atoms with E-state index in [2.05, 4.69) is 48.3 Å². The van der Waals surface area contributed by atoms with E-state index >= 15 is 0 Å². The second-order valence-electron chi connectivity index (χ2n) is 12.3. The number of ether oxygens (including phenoxy) is 2. The predicted molar refractivity (Wildman–Crippen MR) is 189 cm³/mol. The van der Waals surface area contributed by atoms with Crippen LogP contribution in [0.2, 0.25) is 0 Å². The molecule has 3 heterocycles. The van der Waals surface area contributed by atoms with E-state index in [9.17, 15) is 4.79 Å². The number of piperidine rings is 1. The molecule has 1 amide bonds. The third-order valence-corrected chi connectivity index (χ3v) is 8.98. The molecule has 0 aliphatic carbocycles. The number of carbonyl (C=O) groups excluding carboxylic acids is 1. The number of aromatic nitrogens is 3. The first-order valence-corrected chi connectivity index (χ1v) is 16.4. The first-order valence-electron chi connectivity index (χ1n) is 16.4. The van der Waals surface area contributed by atoms with Crippen LogP contribution in [-0.4, -0.2) is 45.2 Å². The van der Waals surface area contributed by atoms with Gasteiger partial charge in [-0.25, -0.2) is 0 Å². The average Bonchev–Trinajstić information content (AvgIpc) is 3.46. The van der Waals surface area contributed by atoms with Gasteiger partial charge in [0, 0.05) is 49.7 Å². The van der Waals surface area contributed by atoms with Crippen LogP contribution in [0.3, 0.4) is 0 Å². The number of anilines is 1. The summed E-state index contributed by atoms with van der Waals surface area (Å²) in [5.74, 6) is 1.06. The van der Waals surface area contributed by atoms with Gasteiger partial charge in [0.25, 0.3) is 0 Å². The molecule has 8 nitrogen and oxygen atoms in total. The van der Waals surface area contributed by atoms with Crippen molar-refractivity contribution in [1.29, 1.82) is 0 Å². The molecule has 1 aliphatic heterocycles. The summed E-state index contributed by atoms with van der Waals surface area (Å²) < 4.78 is 14.2. The van der Waals surface area contributed by atoms with E-state index in [1.54, 1.807) is 0 Å². The van der Waals surface area contributed by atoms with Crippen LogP contribution in [0.15, 0.2) is 121 Å². The minimum absolute atomic E-state index is 0.139. The standard InChI is InChI=1S/C40H39N5O3/c1-43(26-29-12-6-3-7-13-29)32-22-23-45(38(46)25-32)33-18-19-34-36(24-33)44(2)42-39(34)35-20-21-37(47-27-30-14-8-4-9-15-30)41-40(35)48-28-31-16-10-5-11-17-31/h3-21,24,32H,22-23,25-28H2,1-2H3. The van der Waals surface area contributed by atoms with E-state index in [1.807, 2.05) is 102 Å². The lowest BCUT2D eigenvalue weighted by Crippen LogP contribution is -2.46. The van der Waals surface area contributed by atoms with E-state index in [0.29, 0.717) is 37.9 Å². The second kappa shape index (κ2) is 14.1. The Labute approximate surface area is 281 Å². The zero-order valence-electron chi connectivity index (χ0n) is 27.3. The normalized spacial score (nSPS) is 14.9. The van der Waals surface area contributed by atoms with Crippen LogP contribution in [0, 0.1) is 0 Å². The summed E-state index contributed by atoms with van der Waals surface area (Å²) in [5.41, 5.74) is 6.70. The highest BCUT2D eigenvalue weighted by molar-refractivity contribution is 6.00. The summed E-state index contributed by atoms with van der Waals surface area (Å²) in [6.07, 6.45) is 1.40. The number of amides is 1. The number of hydrogen-bond acceptors (Lipinski definition) is 6. The molecule has 0 bridgehead atoms. The van der Waals surface area contributed by atoms with Crippen molar-refractivity contribution < 1.29 is 14.3 Å². The van der Waals surface area contributed by atoms with Crippen LogP contribution in [0.1, 0.15) is 29.5 Å². The zero-order chi connectivity index (χ0) is 32.9. The Morgan fingerprint density at radius 1 is 0.792 bits per heavy atom. The zero-order valence-corrected chi connectivity index (χ0v) is 27.3. The maximum Gasteiger partial charge on any atom is 0.228 e. The Morgan fingerprint density at radius 3 is 2.10 bits per heavy atom. The van der Waals surface area contributed by atoms with E-state index in [0.717, 1.165) is 51.9 Å². The summed E-state index contributed by atoms with van der Waals surface area (Å²) in [4.78, 5) is 22.5. The van der Waals surface area contributed by atoms with Gasteiger partial charge >= 0.3 is 0 Å². The predicted octanol–water partition coefficient (Wildman–Crippen LogP) is 7.42. The van der Waals surface area contributed by atoms with E-state index in [1.165, 1.54) is 5.56 Å². The Balaban J connectivity index is 1.12. The monoisotopic (exact) mass is 637 g/mol. The molecule has 4 aromatic carbocycles. The van der Waals surface area contributed by atoms with Crippen LogP contribution >= 0.6 is 0 Å². The Hall–Kier alpha value is -5.47. The van der Waals surface area contributed by atoms with Gasteiger partial charge in [-0.15, -0.1) is 0 Å². The highest BCUT2D eigenvalue weighted by Gasteiger charge is 2.30. The van der Waals surface area contributed by atoms with Crippen molar-refractivity contribution in [2.45, 2.75) is 38.6 Å². The molecular formula is C40H39N5O3. The molecule has 2 aromatic heterocycles. The Bertz CT molecular complexity index is 2000. The molecule has 1 atom stereocenters. The summed E-state index contributed by atoms with van der Waals surface area (Å²) in [6.45, 7) is 2.26. The van der Waals surface area contributed by atoms with Crippen molar-refractivity contribution >= 4 is 22.5 Å². The topological polar surface area (TPSA) is 72.7 Å². The molecule has 0 radical (unpaired) electrons. The number of hydrogen-bond donors (Lipinski definition) is 0. The number of rotatable bonds is 11. The number of carbonyl (C=O) groups is 1. The van der Waals surface area contributed by atoms with E-state index in [-0.39, 0.29) is 11.9 Å². The first-order chi connectivity index (χ1) is 23.5. The lowest BCUT2D eigenvalue weighted by atomic mass is 10.0. The fourth-order valence-corrected chi connectivity index (χ4v) is 6.33. The fraction of sp³-hybridized carbons (Fsp3) is 0.225. The lowest BCUT2D eigenvalue weighted by Gasteiger charge is -2.36. The number of fused-ring (bicyclic) bond motifs is 1. The quantitative estimate of drug-likeness (QED) is 0.147. The third-order valence-electron chi connectivity index (χ3n) is 8.98. The molecule has 6 aromatic rings. The van der Waals surface area contributed by atoms with Crippen LogP contribution < -0.4 is 14.4 Å². The van der Waals surface area contributed by atoms with Crippen molar-refractivity contribution in [3.63, 3.8) is 0 Å². The molecule has 1 aliphatic rings. The fourth-order valence-electron chi connectivity index (χ4n) is 6.33. The molecule has 1 unspecified atom stereocenters. The largest absolute Gasteiger partial charge is 0.473 e. The van der Waals surface area contributed by atoms with Crippen molar-refractivity contribution in [3.8, 4) is 23.0 Å². The van der Waals surface area contributed by atoms with Gasteiger partial charge in [-0.2, -0.15) is 10.1 Å². The molecule has 8 heteroatoms. The van der Waals surface area contributed by atoms with Crippen LogP contribution in [0.5, 0.6) is 11.8 Å². The van der Waals surface area contributed by atoms with E-state index in [4.69, 9.17) is 19.6 Å². The molecule has 1 saturated heterocycles. The molecule has 0 saturated carbocycles. The summed E-state index contributed by atoms with van der Waals surface area (Å²) >= 11 is 0. The number of pyridine rings is 1. The number of aryl methyl sites for hydroxylation is 1. The summed E-state index contributed by atoms with van der Waals surface area (Å²) in [5, 5.41) is 5.88. The molecule has 0 N–H and O–H groups in total. The summed E-state index contributed by atoms with van der Waals surface area (Å²) in [7, 11) is 4.04. The molecule has 0 spiro atoms. The van der Waals surface area contributed by atoms with Gasteiger partial charge in [0.05, 0.1) is 11.1 Å². The van der Waals surface area contributed by atoms with Crippen LogP contribution in [0.25, 0.3) is 22.2 Å². The molecule has 1 fully saturated rings. The molecular weight excluding hydrogens is 598 g/mol. The van der Waals surface area contributed by atoms with Gasteiger partial charge < -0.3 is 14.4 Å². The van der Waals surface area contributed by atoms with Gasteiger partial charge in [-0.3, -0.25) is 14.4 Å². The minimum Gasteiger partial charge on any atom is -0.473 e. The minimum atomic E-state index is 0.139. The molecule has 48 heavy (non-hydrogen) atoms. The SMILES string of the molecule is CN(Cc1ccccc1)C1CCN(c2ccc3c(-c4ccc(OCc5ccccc5)nc4OCc4ccccc4)nn(C)c3c2)C(=O)C1. The first kappa shape index (κ1) is 31.1. The van der Waals surface area contributed by atoms with Gasteiger partial charge in [-0.05, 0) is 54.4 Å². The molecule has 7 rings (SSSR count). The molecule has 242 valence electrons. The van der Waals surface area contributed by atoms with Crippen LogP contribution in [-0.2, 0) is 31.6 Å². The Morgan fingerprint density at radius 2 is 1.44 bits per heavy atom. The highest BCUT2D eigenvalue weighted by Crippen LogP contribution is 2.37. The highest BCUT2D eigenvalue weighted by atomic mass is 16.5. The lowest BCUT2D eigenvalue weighted by molar-refractivity contribution is -0.121. The van der Waals surface area contributed by atoms with Crippen molar-refractivity contribution in [3.05, 3.63) is 138 Å². The summed E-state index contributed by atoms with van der Waals surface area (Å²) in [6, 6.07) is 40.6. The van der Waals surface area contributed by atoms with Crippen molar-refractivity contribution in [1.82, 2.24) is 19.7 Å². The smallest absolute Gasteiger partial charge is 0.228 e. The second-order valence-corrected chi connectivity index (χ2v) is 12.3.